The van der Waals surface area contributed by atoms with Gasteiger partial charge in [0.1, 0.15) is 23.0 Å². The van der Waals surface area contributed by atoms with Gasteiger partial charge in [0.15, 0.2) is 0 Å². The van der Waals surface area contributed by atoms with Crippen molar-refractivity contribution in [3.8, 4) is 23.0 Å². The zero-order chi connectivity index (χ0) is 50.6. The van der Waals surface area contributed by atoms with E-state index < -0.39 is 59.8 Å². The summed E-state index contributed by atoms with van der Waals surface area (Å²) in [5.74, 6) is -4.63. The van der Waals surface area contributed by atoms with Gasteiger partial charge in [0.25, 0.3) is 11.8 Å². The molecule has 368 valence electrons. The van der Waals surface area contributed by atoms with Crippen molar-refractivity contribution in [2.45, 2.75) is 77.4 Å². The van der Waals surface area contributed by atoms with Gasteiger partial charge in [-0.2, -0.15) is 0 Å². The van der Waals surface area contributed by atoms with E-state index in [0.717, 1.165) is 58.4 Å². The number of hydrogen-bond acceptors (Lipinski definition) is 16. The van der Waals surface area contributed by atoms with E-state index in [2.05, 4.69) is 13.2 Å². The number of rotatable bonds is 26. The number of carbonyl (C=O) groups is 8. The Morgan fingerprint density at radius 2 is 0.714 bits per heavy atom. The molecule has 4 aromatic carbocycles. The maximum Gasteiger partial charge on any atom is 0.343 e. The summed E-state index contributed by atoms with van der Waals surface area (Å²) < 4.78 is 43.3. The molecule has 2 atom stereocenters. The lowest BCUT2D eigenvalue weighted by atomic mass is 10.2. The number of amides is 2. The third-order valence-electron chi connectivity index (χ3n) is 10.5. The Hall–Kier alpha value is -8.08. The number of nitrogens with zero attached hydrogens (tertiary/aromatic N) is 1. The molecule has 0 saturated carbocycles. The first-order valence-corrected chi connectivity index (χ1v) is 22.6. The first kappa shape index (κ1) is 52.9. The summed E-state index contributed by atoms with van der Waals surface area (Å²) in [6.45, 7) is 11.9. The van der Waals surface area contributed by atoms with Crippen LogP contribution in [0.5, 0.6) is 23.0 Å². The molecule has 0 spiro atoms. The molecule has 4 aromatic rings. The lowest BCUT2D eigenvalue weighted by Crippen LogP contribution is -2.37. The Morgan fingerprint density at radius 1 is 0.429 bits per heavy atom. The third-order valence-corrected chi connectivity index (χ3v) is 10.5. The van der Waals surface area contributed by atoms with Crippen molar-refractivity contribution in [1.29, 1.82) is 0 Å². The number of carbonyl (C=O) groups excluding carboxylic acids is 8. The van der Waals surface area contributed by atoms with Crippen molar-refractivity contribution in [2.75, 3.05) is 33.5 Å². The van der Waals surface area contributed by atoms with Crippen LogP contribution in [0.15, 0.2) is 121 Å². The van der Waals surface area contributed by atoms with Crippen LogP contribution in [0.3, 0.4) is 0 Å². The molecule has 1 heterocycles. The second-order valence-corrected chi connectivity index (χ2v) is 16.1. The minimum atomic E-state index is -1.79. The number of unbranched alkanes of at least 4 members (excludes halogenated alkanes) is 6. The number of likely N-dealkylation sites (tertiary alicyclic amines) is 1. The number of imide groups is 1. The van der Waals surface area contributed by atoms with Crippen molar-refractivity contribution in [1.82, 2.24) is 4.90 Å². The first-order valence-electron chi connectivity index (χ1n) is 22.6. The molecule has 0 unspecified atom stereocenters. The first-order chi connectivity index (χ1) is 33.6. The van der Waals surface area contributed by atoms with Crippen LogP contribution in [0.25, 0.3) is 0 Å². The Balaban J connectivity index is 1.03. The summed E-state index contributed by atoms with van der Waals surface area (Å²) >= 11 is 0. The molecule has 17 heteroatoms. The van der Waals surface area contributed by atoms with Gasteiger partial charge in [-0.15, -0.1) is 0 Å². The Kier molecular flexibility index (Phi) is 20.0. The smallest absolute Gasteiger partial charge is 0.343 e. The summed E-state index contributed by atoms with van der Waals surface area (Å²) in [5, 5.41) is 0. The summed E-state index contributed by atoms with van der Waals surface area (Å²) in [4.78, 5) is 101. The van der Waals surface area contributed by atoms with Gasteiger partial charge in [0, 0.05) is 18.2 Å². The second kappa shape index (κ2) is 26.5. The largest absolute Gasteiger partial charge is 0.494 e. The number of likely N-dealkylation sites (N-methyl/N-ethyl adjacent to an activating group) is 1. The van der Waals surface area contributed by atoms with E-state index in [-0.39, 0.29) is 33.8 Å². The number of hydrogen-bond donors (Lipinski definition) is 0. The summed E-state index contributed by atoms with van der Waals surface area (Å²) in [6, 6.07) is 23.3. The molecule has 2 amide bonds. The van der Waals surface area contributed by atoms with Crippen molar-refractivity contribution in [2.24, 2.45) is 0 Å². The van der Waals surface area contributed by atoms with Gasteiger partial charge in [0.2, 0.25) is 12.2 Å². The average Bonchev–Trinajstić information content (AvgIpc) is 3.54. The molecule has 0 radical (unpaired) electrons. The van der Waals surface area contributed by atoms with E-state index in [9.17, 15) is 38.4 Å². The monoisotopic (exact) mass is 961 g/mol. The SMILES string of the molecule is C=C(C)C(=O)OCCCCCCOc1ccc(C(=O)Oc2ccc(C(=O)O[C@H]3C(=O)N(C)C(=O)[C@@H]3OC(=O)c3ccc(OC(=O)c4ccc(OCCCCCCOC(=O)C(=C)C)cc4)cc3)cc2)cc1. The average molecular weight is 962 g/mol. The highest BCUT2D eigenvalue weighted by Gasteiger charge is 2.51. The van der Waals surface area contributed by atoms with E-state index in [1.807, 2.05) is 0 Å². The third kappa shape index (κ3) is 16.0. The molecule has 17 nitrogen and oxygen atoms in total. The zero-order valence-corrected chi connectivity index (χ0v) is 39.3. The molecule has 1 aliphatic rings. The highest BCUT2D eigenvalue weighted by Crippen LogP contribution is 2.25. The van der Waals surface area contributed by atoms with Crippen LogP contribution in [-0.4, -0.2) is 98.2 Å². The fraction of sp³-hybridized carbons (Fsp3) is 0.321. The maximum absolute atomic E-state index is 13.2. The maximum atomic E-state index is 13.2. The van der Waals surface area contributed by atoms with Gasteiger partial charge in [-0.05, 0) is 162 Å². The van der Waals surface area contributed by atoms with Crippen LogP contribution < -0.4 is 18.9 Å². The quantitative estimate of drug-likeness (QED) is 0.0146. The zero-order valence-electron chi connectivity index (χ0n) is 39.3. The van der Waals surface area contributed by atoms with E-state index in [1.165, 1.54) is 48.5 Å². The summed E-state index contributed by atoms with van der Waals surface area (Å²) in [7, 11) is 1.16. The molecular formula is C53H55NO16. The van der Waals surface area contributed by atoms with Crippen molar-refractivity contribution in [3.63, 3.8) is 0 Å². The Bertz CT molecular complexity index is 2340. The second-order valence-electron chi connectivity index (χ2n) is 16.1. The van der Waals surface area contributed by atoms with Crippen molar-refractivity contribution >= 4 is 47.6 Å². The van der Waals surface area contributed by atoms with Crippen molar-refractivity contribution in [3.05, 3.63) is 144 Å². The number of ether oxygens (including phenoxy) is 8. The van der Waals surface area contributed by atoms with Crippen LogP contribution in [0, 0.1) is 0 Å². The van der Waals surface area contributed by atoms with Crippen LogP contribution in [0.4, 0.5) is 0 Å². The van der Waals surface area contributed by atoms with E-state index in [0.29, 0.717) is 54.0 Å². The van der Waals surface area contributed by atoms with Crippen LogP contribution >= 0.6 is 0 Å². The fourth-order valence-corrected chi connectivity index (χ4v) is 6.44. The van der Waals surface area contributed by atoms with Crippen LogP contribution in [0.1, 0.15) is 107 Å². The molecule has 70 heavy (non-hydrogen) atoms. The molecule has 1 saturated heterocycles. The van der Waals surface area contributed by atoms with Gasteiger partial charge < -0.3 is 37.9 Å². The molecule has 0 aliphatic carbocycles. The summed E-state index contributed by atoms with van der Waals surface area (Å²) in [6.07, 6.45) is 3.01. The highest BCUT2D eigenvalue weighted by molar-refractivity contribution is 6.10. The molecule has 0 aromatic heterocycles. The van der Waals surface area contributed by atoms with Gasteiger partial charge >= 0.3 is 35.8 Å². The summed E-state index contributed by atoms with van der Waals surface area (Å²) in [5.41, 5.74) is 1.12. The molecular weight excluding hydrogens is 907 g/mol. The van der Waals surface area contributed by atoms with Gasteiger partial charge in [0.05, 0.1) is 48.7 Å². The molecule has 1 aliphatic heterocycles. The lowest BCUT2D eigenvalue weighted by molar-refractivity contribution is -0.140. The van der Waals surface area contributed by atoms with Crippen LogP contribution in [-0.2, 0) is 38.1 Å². The lowest BCUT2D eigenvalue weighted by Gasteiger charge is -2.17. The molecule has 1 fully saturated rings. The minimum Gasteiger partial charge on any atom is -0.494 e. The molecule has 5 rings (SSSR count). The van der Waals surface area contributed by atoms with E-state index >= 15 is 0 Å². The minimum absolute atomic E-state index is 0.0535. The Labute approximate surface area is 405 Å². The predicted octanol–water partition coefficient (Wildman–Crippen LogP) is 7.99. The van der Waals surface area contributed by atoms with E-state index in [4.69, 9.17) is 37.9 Å². The molecule has 0 N–H and O–H groups in total. The Morgan fingerprint density at radius 3 is 1.03 bits per heavy atom. The predicted molar refractivity (Wildman–Crippen MR) is 251 cm³/mol. The number of esters is 6. The standard InChI is InChI=1S/C53H55NO16/c1-34(2)48(57)65-32-12-8-6-10-30-63-40-22-14-36(15-23-40)50(59)67-42-26-18-38(19-27-42)52(61)69-44-45(47(56)54(5)46(44)55)70-53(62)39-20-28-43(29-21-39)68-51(60)37-16-24-41(25-17-37)64-31-11-7-9-13-33-66-49(58)35(3)4/h14-29,44-45H,1,3,6-13,30-33H2,2,4-5H3/t44-,45-/m1/s1. The normalized spacial score (nSPS) is 14.0. The van der Waals surface area contributed by atoms with Crippen LogP contribution in [0.2, 0.25) is 0 Å². The van der Waals surface area contributed by atoms with Gasteiger partial charge in [-0.1, -0.05) is 13.2 Å². The van der Waals surface area contributed by atoms with Gasteiger partial charge in [-0.3, -0.25) is 14.5 Å². The van der Waals surface area contributed by atoms with Crippen molar-refractivity contribution < 1.29 is 76.3 Å². The highest BCUT2D eigenvalue weighted by atomic mass is 16.6. The van der Waals surface area contributed by atoms with Gasteiger partial charge in [-0.25, -0.2) is 28.8 Å². The van der Waals surface area contributed by atoms with E-state index in [1.54, 1.807) is 62.4 Å². The number of benzene rings is 4. The fourth-order valence-electron chi connectivity index (χ4n) is 6.44. The topological polar surface area (TPSA) is 214 Å². The molecule has 0 bridgehead atoms.